The fourth-order valence-electron chi connectivity index (χ4n) is 4.10. The fourth-order valence-corrected chi connectivity index (χ4v) is 5.09. The number of carbonyl (C=O) groups is 2. The number of nitrogen functional groups attached to an aromatic ring is 1. The number of aliphatic carboxylic acids is 1. The summed E-state index contributed by atoms with van der Waals surface area (Å²) >= 11 is 1.32. The minimum Gasteiger partial charge on any atom is -0.489 e. The average molecular weight is 597 g/mol. The highest BCUT2D eigenvalue weighted by Gasteiger charge is 2.35. The summed E-state index contributed by atoms with van der Waals surface area (Å²) < 4.78 is 19.2. The van der Waals surface area contributed by atoms with Crippen LogP contribution >= 0.6 is 11.9 Å². The minimum absolute atomic E-state index is 0.00565. The molecule has 0 saturated carbocycles. The maximum atomic E-state index is 13.4. The number of carbonyl (C=O) groups excluding carboxylic acids is 1. The Kier molecular flexibility index (Phi) is 10.7. The molecule has 0 radical (unpaired) electrons. The topological polar surface area (TPSA) is 161 Å². The van der Waals surface area contributed by atoms with Crippen LogP contribution in [0, 0.1) is 0 Å². The molecule has 2 aliphatic heterocycles. The van der Waals surface area contributed by atoms with Crippen molar-refractivity contribution in [2.45, 2.75) is 30.8 Å². The summed E-state index contributed by atoms with van der Waals surface area (Å²) in [5.74, 6) is -0.964. The Morgan fingerprint density at radius 2 is 1.83 bits per heavy atom. The summed E-state index contributed by atoms with van der Waals surface area (Å²) in [5, 5.41) is 15.8. The highest BCUT2D eigenvalue weighted by molar-refractivity contribution is 7.97. The number of rotatable bonds is 4. The molecule has 13 heteroatoms. The Labute approximate surface area is 249 Å². The molecular weight excluding hydrogens is 560 g/mol. The van der Waals surface area contributed by atoms with E-state index in [-0.39, 0.29) is 18.1 Å². The van der Waals surface area contributed by atoms with E-state index >= 15 is 0 Å². The van der Waals surface area contributed by atoms with Crippen LogP contribution in [0.3, 0.4) is 0 Å². The number of carboxylic acids is 1. The van der Waals surface area contributed by atoms with Crippen LogP contribution in [0.25, 0.3) is 11.3 Å². The Morgan fingerprint density at radius 1 is 1.12 bits per heavy atom. The molecule has 42 heavy (non-hydrogen) atoms. The molecule has 0 spiro atoms. The van der Waals surface area contributed by atoms with Gasteiger partial charge in [0.15, 0.2) is 11.5 Å². The number of para-hydroxylation sites is 1. The number of nitrogens with two attached hydrogens (primary N) is 1. The van der Waals surface area contributed by atoms with Crippen LogP contribution in [0.2, 0.25) is 0 Å². The predicted octanol–water partition coefficient (Wildman–Crippen LogP) is 3.30. The van der Waals surface area contributed by atoms with Gasteiger partial charge in [-0.15, -0.1) is 0 Å². The first-order valence-corrected chi connectivity index (χ1v) is 14.3. The first-order chi connectivity index (χ1) is 20.2. The van der Waals surface area contributed by atoms with Gasteiger partial charge in [-0.05, 0) is 51.0 Å². The number of amides is 1. The van der Waals surface area contributed by atoms with Gasteiger partial charge in [-0.25, -0.2) is 14.3 Å². The molecule has 224 valence electrons. The van der Waals surface area contributed by atoms with Gasteiger partial charge >= 0.3 is 5.97 Å². The van der Waals surface area contributed by atoms with Gasteiger partial charge in [-0.3, -0.25) is 9.59 Å². The third kappa shape index (κ3) is 7.75. The molecule has 5 N–H and O–H groups in total. The van der Waals surface area contributed by atoms with E-state index in [2.05, 4.69) is 20.6 Å². The van der Waals surface area contributed by atoms with Gasteiger partial charge in [-0.1, -0.05) is 24.3 Å². The molecule has 0 fully saturated rings. The highest BCUT2D eigenvalue weighted by atomic mass is 32.2. The molecule has 0 atom stereocenters. The Morgan fingerprint density at radius 3 is 2.55 bits per heavy atom. The van der Waals surface area contributed by atoms with E-state index in [4.69, 9.17) is 19.9 Å². The van der Waals surface area contributed by atoms with E-state index in [9.17, 15) is 14.7 Å². The van der Waals surface area contributed by atoms with Crippen LogP contribution in [-0.4, -0.2) is 83.4 Å². The SMILES string of the molecule is CNCc1cccc2c1OCCOCCOCCN(C(C)(C)C(=O)O)Sc1ccc(cc1)-c1cnc(N)c(n1)C(=O)N2. The summed E-state index contributed by atoms with van der Waals surface area (Å²) in [6, 6.07) is 12.9. The fraction of sp³-hybridized carbons (Fsp3) is 0.379. The van der Waals surface area contributed by atoms with E-state index in [1.165, 1.54) is 18.1 Å². The number of nitrogens with zero attached hydrogens (tertiary/aromatic N) is 3. The van der Waals surface area contributed by atoms with E-state index < -0.39 is 17.4 Å². The van der Waals surface area contributed by atoms with Crippen molar-refractivity contribution in [1.29, 1.82) is 0 Å². The molecule has 3 heterocycles. The van der Waals surface area contributed by atoms with Gasteiger partial charge in [-0.2, -0.15) is 0 Å². The zero-order chi connectivity index (χ0) is 30.1. The lowest BCUT2D eigenvalue weighted by Gasteiger charge is -2.33. The van der Waals surface area contributed by atoms with Crippen LogP contribution in [0.15, 0.2) is 53.6 Å². The Hall–Kier alpha value is -3.75. The first kappa shape index (κ1) is 31.2. The van der Waals surface area contributed by atoms with Gasteiger partial charge < -0.3 is 35.7 Å². The third-order valence-corrected chi connectivity index (χ3v) is 7.87. The molecule has 5 rings (SSSR count). The zero-order valence-electron chi connectivity index (χ0n) is 23.9. The minimum atomic E-state index is -1.15. The second kappa shape index (κ2) is 14.4. The molecule has 0 aliphatic carbocycles. The number of hydrogen-bond acceptors (Lipinski definition) is 11. The van der Waals surface area contributed by atoms with Gasteiger partial charge in [0.05, 0.1) is 44.0 Å². The van der Waals surface area contributed by atoms with E-state index in [0.717, 1.165) is 16.0 Å². The quantitative estimate of drug-likeness (QED) is 0.257. The number of benzene rings is 2. The molecule has 0 saturated heterocycles. The summed E-state index contributed by atoms with van der Waals surface area (Å²) in [6.07, 6.45) is 1.51. The monoisotopic (exact) mass is 596 g/mol. The van der Waals surface area contributed by atoms with E-state index in [1.54, 1.807) is 24.2 Å². The first-order valence-electron chi connectivity index (χ1n) is 13.5. The largest absolute Gasteiger partial charge is 0.489 e. The summed E-state index contributed by atoms with van der Waals surface area (Å²) in [4.78, 5) is 34.9. The third-order valence-electron chi connectivity index (χ3n) is 6.53. The molecule has 1 aromatic heterocycles. The Balaban J connectivity index is 1.66. The molecule has 3 aromatic rings. The Bertz CT molecular complexity index is 1390. The summed E-state index contributed by atoms with van der Waals surface area (Å²) in [7, 11) is 1.83. The number of carboxylic acid groups (broad SMARTS) is 1. The van der Waals surface area contributed by atoms with Crippen molar-refractivity contribution in [3.8, 4) is 17.0 Å². The normalized spacial score (nSPS) is 15.9. The maximum Gasteiger partial charge on any atom is 0.324 e. The van der Waals surface area contributed by atoms with Gasteiger partial charge in [0.2, 0.25) is 0 Å². The predicted molar refractivity (Wildman–Crippen MR) is 160 cm³/mol. The van der Waals surface area contributed by atoms with Crippen LogP contribution in [0.4, 0.5) is 11.5 Å². The molecule has 4 bridgehead atoms. The molecular formula is C29H36N6O6S. The number of fused-ring (bicyclic) bond motifs is 13. The number of nitrogens with one attached hydrogen (secondary N) is 2. The lowest BCUT2D eigenvalue weighted by molar-refractivity contribution is -0.146. The highest BCUT2D eigenvalue weighted by Crippen LogP contribution is 2.33. The average Bonchev–Trinajstić information content (AvgIpc) is 2.97. The summed E-state index contributed by atoms with van der Waals surface area (Å²) in [6.45, 7) is 5.77. The van der Waals surface area contributed by atoms with Gasteiger partial charge in [0, 0.05) is 29.1 Å². The van der Waals surface area contributed by atoms with Crippen molar-refractivity contribution < 1.29 is 28.9 Å². The van der Waals surface area contributed by atoms with E-state index in [1.807, 2.05) is 43.4 Å². The van der Waals surface area contributed by atoms with Crippen LogP contribution in [-0.2, 0) is 20.8 Å². The lowest BCUT2D eigenvalue weighted by Crippen LogP contribution is -2.47. The molecule has 0 unspecified atom stereocenters. The van der Waals surface area contributed by atoms with Crippen molar-refractivity contribution >= 4 is 35.3 Å². The van der Waals surface area contributed by atoms with Crippen molar-refractivity contribution in [3.63, 3.8) is 0 Å². The van der Waals surface area contributed by atoms with Crippen LogP contribution in [0.5, 0.6) is 5.75 Å². The second-order valence-corrected chi connectivity index (χ2v) is 11.0. The van der Waals surface area contributed by atoms with Crippen molar-refractivity contribution in [2.75, 3.05) is 57.7 Å². The van der Waals surface area contributed by atoms with Gasteiger partial charge in [0.25, 0.3) is 5.91 Å². The number of hydrogen-bond donors (Lipinski definition) is 4. The number of ether oxygens (including phenoxy) is 3. The molecule has 2 aromatic carbocycles. The zero-order valence-corrected chi connectivity index (χ0v) is 24.7. The van der Waals surface area contributed by atoms with Crippen molar-refractivity contribution in [3.05, 3.63) is 59.9 Å². The van der Waals surface area contributed by atoms with Crippen LogP contribution < -0.4 is 21.1 Å². The van der Waals surface area contributed by atoms with Crippen molar-refractivity contribution in [1.82, 2.24) is 19.6 Å². The van der Waals surface area contributed by atoms with Crippen molar-refractivity contribution in [2.24, 2.45) is 0 Å². The summed E-state index contributed by atoms with van der Waals surface area (Å²) in [5.41, 5.74) is 7.41. The van der Waals surface area contributed by atoms with Crippen LogP contribution in [0.1, 0.15) is 29.9 Å². The second-order valence-electron chi connectivity index (χ2n) is 9.92. The van der Waals surface area contributed by atoms with Gasteiger partial charge in [0.1, 0.15) is 17.9 Å². The molecule has 12 nitrogen and oxygen atoms in total. The lowest BCUT2D eigenvalue weighted by atomic mass is 10.1. The van der Waals surface area contributed by atoms with E-state index in [0.29, 0.717) is 56.6 Å². The maximum absolute atomic E-state index is 13.4. The number of aromatic nitrogens is 2. The molecule has 1 amide bonds. The standard InChI is InChI=1S/C29H36N6O6S/c1-29(2,28(37)38)35-11-12-39-13-14-40-15-16-41-25-20(17-31-3)5-4-6-22(25)34-27(36)24-26(30)32-18-23(33-24)19-7-9-21(42-35)10-8-19/h4-10,18,31H,11-17H2,1-3H3,(H2,30,32)(H,34,36)(H,37,38). The smallest absolute Gasteiger partial charge is 0.324 e. The number of anilines is 2. The molecule has 2 aliphatic rings.